The molecule has 0 aliphatic carbocycles. The maximum absolute atomic E-state index is 10.4. The zero-order valence-corrected chi connectivity index (χ0v) is 23.8. The van der Waals surface area contributed by atoms with Crippen molar-refractivity contribution in [3.8, 4) is 0 Å². The molecule has 0 fully saturated rings. The maximum atomic E-state index is 10.4. The van der Waals surface area contributed by atoms with Crippen molar-refractivity contribution in [3.63, 3.8) is 0 Å². The van der Waals surface area contributed by atoms with Gasteiger partial charge in [0.2, 0.25) is 23.6 Å². The quantitative estimate of drug-likeness (QED) is 0.157. The van der Waals surface area contributed by atoms with Crippen LogP contribution in [0.15, 0.2) is 98.1 Å². The van der Waals surface area contributed by atoms with Gasteiger partial charge < -0.3 is 47.7 Å². The average molecular weight is 754 g/mol. The summed E-state index contributed by atoms with van der Waals surface area (Å²) in [4.78, 5) is 56.4. The molecule has 15 heteroatoms. The molecule has 0 saturated carbocycles. The van der Waals surface area contributed by atoms with E-state index in [0.717, 1.165) is 0 Å². The van der Waals surface area contributed by atoms with E-state index >= 15 is 0 Å². The number of carbonyl (C=O) groups is 4. The smallest absolute Gasteiger partial charge is 1.00 e. The molecule has 0 saturated heterocycles. The van der Waals surface area contributed by atoms with Crippen molar-refractivity contribution in [1.82, 2.24) is 19.9 Å². The number of halogens is 2. The number of carbonyl (C=O) groups excluding carboxylic acids is 4. The number of nitrogens with two attached hydrogens (primary N) is 4. The molecule has 0 unspecified atom stereocenters. The Labute approximate surface area is 251 Å². The molecule has 0 aromatic carbocycles. The van der Waals surface area contributed by atoms with Gasteiger partial charge in [-0.25, -0.2) is 0 Å². The summed E-state index contributed by atoms with van der Waals surface area (Å²) in [6.45, 7) is 0. The van der Waals surface area contributed by atoms with Gasteiger partial charge in [-0.05, 0) is 48.5 Å². The van der Waals surface area contributed by atoms with Crippen molar-refractivity contribution < 1.29 is 65.1 Å². The average Bonchev–Trinajstić information content (AvgIpc) is 2.92. The summed E-state index contributed by atoms with van der Waals surface area (Å²) >= 11 is 0. The van der Waals surface area contributed by atoms with Crippen LogP contribution in [-0.4, -0.2) is 43.6 Å². The molecule has 4 heterocycles. The van der Waals surface area contributed by atoms with E-state index in [1.54, 1.807) is 73.3 Å². The Morgan fingerprint density at radius 1 is 0.436 bits per heavy atom. The van der Waals surface area contributed by atoms with Crippen molar-refractivity contribution in [2.24, 2.45) is 22.9 Å². The molecular weight excluding hydrogens is 730 g/mol. The predicted molar refractivity (Wildman–Crippen MR) is 131 cm³/mol. The van der Waals surface area contributed by atoms with E-state index in [-0.39, 0.29) is 45.9 Å². The Hall–Kier alpha value is -4.25. The summed E-state index contributed by atoms with van der Waals surface area (Å²) in [5.74, 6) is -1.77. The van der Waals surface area contributed by atoms with Crippen LogP contribution in [0.4, 0.5) is 0 Å². The molecule has 0 spiro atoms. The van der Waals surface area contributed by atoms with E-state index in [1.807, 2.05) is 0 Å². The molecule has 4 aromatic heterocycles. The summed E-state index contributed by atoms with van der Waals surface area (Å²) in [5.41, 5.74) is 21.5. The Bertz CT molecular complexity index is 1050. The van der Waals surface area contributed by atoms with Crippen molar-refractivity contribution in [1.29, 1.82) is 0 Å². The molecule has 4 amide bonds. The molecular formula is C24H24Cl2N8O4Pt. The molecule has 12 nitrogen and oxygen atoms in total. The molecule has 39 heavy (non-hydrogen) atoms. The van der Waals surface area contributed by atoms with E-state index in [2.05, 4.69) is 19.9 Å². The van der Waals surface area contributed by atoms with Gasteiger partial charge in [0.25, 0.3) is 0 Å². The molecule has 8 N–H and O–H groups in total. The van der Waals surface area contributed by atoms with Crippen molar-refractivity contribution in [2.45, 2.75) is 0 Å². The van der Waals surface area contributed by atoms with Crippen LogP contribution in [0.25, 0.3) is 0 Å². The fraction of sp³-hybridized carbons (Fsp3) is 0. The number of hydrogen-bond donors (Lipinski definition) is 4. The van der Waals surface area contributed by atoms with Crippen molar-refractivity contribution in [2.75, 3.05) is 0 Å². The number of aromatic nitrogens is 4. The molecule has 0 atom stereocenters. The first kappa shape index (κ1) is 39.3. The normalized spacial score (nSPS) is 8.21. The van der Waals surface area contributed by atoms with E-state index in [0.29, 0.717) is 22.3 Å². The fourth-order valence-corrected chi connectivity index (χ4v) is 2.03. The van der Waals surface area contributed by atoms with Crippen LogP contribution in [0, 0.1) is 0 Å². The van der Waals surface area contributed by atoms with Gasteiger partial charge in [-0.3, -0.25) is 39.1 Å². The van der Waals surface area contributed by atoms with Gasteiger partial charge in [-0.1, -0.05) is 0 Å². The summed E-state index contributed by atoms with van der Waals surface area (Å²) in [5, 5.41) is 0. The summed E-state index contributed by atoms with van der Waals surface area (Å²) < 4.78 is 0. The van der Waals surface area contributed by atoms with Gasteiger partial charge in [0, 0.05) is 49.6 Å². The Morgan fingerprint density at radius 3 is 0.692 bits per heavy atom. The van der Waals surface area contributed by atoms with Crippen LogP contribution >= 0.6 is 0 Å². The SMILES string of the molecule is NC(=O)c1cccnc1.NC(=O)c1cccnc1.NC(=O)c1cccnc1.NC(=O)c1cccnc1.[Cl-].[Cl-].[Pt+2]. The third-order valence-corrected chi connectivity index (χ3v) is 3.78. The van der Waals surface area contributed by atoms with Crippen LogP contribution in [0.1, 0.15) is 41.4 Å². The molecule has 0 aliphatic heterocycles. The largest absolute Gasteiger partial charge is 2.00 e. The summed E-state index contributed by atoms with van der Waals surface area (Å²) in [6.07, 6.45) is 12.1. The number of amides is 4. The molecule has 208 valence electrons. The fourth-order valence-electron chi connectivity index (χ4n) is 2.03. The van der Waals surface area contributed by atoms with Crippen molar-refractivity contribution in [3.05, 3.63) is 120 Å². The van der Waals surface area contributed by atoms with E-state index in [1.165, 1.54) is 24.8 Å². The summed E-state index contributed by atoms with van der Waals surface area (Å²) in [7, 11) is 0. The predicted octanol–water partition coefficient (Wildman–Crippen LogP) is -5.27. The third kappa shape index (κ3) is 17.8. The first-order valence-corrected chi connectivity index (χ1v) is 10.0. The van der Waals surface area contributed by atoms with Crippen LogP contribution in [-0.2, 0) is 21.1 Å². The molecule has 4 aromatic rings. The minimum Gasteiger partial charge on any atom is -1.00 e. The minimum absolute atomic E-state index is 0. The third-order valence-electron chi connectivity index (χ3n) is 3.78. The van der Waals surface area contributed by atoms with E-state index in [4.69, 9.17) is 22.9 Å². The van der Waals surface area contributed by atoms with E-state index in [9.17, 15) is 19.2 Å². The zero-order chi connectivity index (χ0) is 26.8. The number of primary amides is 4. The van der Waals surface area contributed by atoms with Crippen LogP contribution in [0.3, 0.4) is 0 Å². The topological polar surface area (TPSA) is 224 Å². The molecule has 0 bridgehead atoms. The Balaban J connectivity index is -0.000000432. The molecule has 0 radical (unpaired) electrons. The van der Waals surface area contributed by atoms with Crippen LogP contribution in [0.2, 0.25) is 0 Å². The standard InChI is InChI=1S/4C6H6N2O.2ClH.Pt/c4*7-6(9)5-2-1-3-8-4-5;;;/h4*1-4H,(H2,7,9);2*1H;/q;;;;;;+2/p-2. The minimum atomic E-state index is -0.442. The first-order chi connectivity index (χ1) is 17.2. The van der Waals surface area contributed by atoms with Crippen LogP contribution < -0.4 is 47.7 Å². The first-order valence-electron chi connectivity index (χ1n) is 10.0. The second-order valence-corrected chi connectivity index (χ2v) is 6.42. The van der Waals surface area contributed by atoms with Gasteiger partial charge >= 0.3 is 21.1 Å². The number of rotatable bonds is 4. The monoisotopic (exact) mass is 753 g/mol. The van der Waals surface area contributed by atoms with Crippen LogP contribution in [0.5, 0.6) is 0 Å². The number of pyridine rings is 4. The Morgan fingerprint density at radius 2 is 0.615 bits per heavy atom. The van der Waals surface area contributed by atoms with Gasteiger partial charge in [-0.15, -0.1) is 0 Å². The van der Waals surface area contributed by atoms with Crippen molar-refractivity contribution >= 4 is 23.6 Å². The van der Waals surface area contributed by atoms with E-state index < -0.39 is 23.6 Å². The second kappa shape index (κ2) is 22.9. The van der Waals surface area contributed by atoms with Gasteiger partial charge in [0.1, 0.15) is 0 Å². The zero-order valence-electron chi connectivity index (χ0n) is 20.0. The molecule has 4 rings (SSSR count). The summed E-state index contributed by atoms with van der Waals surface area (Å²) in [6, 6.07) is 13.1. The molecule has 0 aliphatic rings. The van der Waals surface area contributed by atoms with Gasteiger partial charge in [0.15, 0.2) is 0 Å². The maximum Gasteiger partial charge on any atom is 2.00 e. The number of hydrogen-bond acceptors (Lipinski definition) is 8. The number of nitrogens with zero attached hydrogens (tertiary/aromatic N) is 4. The Kier molecular flexibility index (Phi) is 23.1. The second-order valence-electron chi connectivity index (χ2n) is 6.42. The van der Waals surface area contributed by atoms with Gasteiger partial charge in [0.05, 0.1) is 22.3 Å². The van der Waals surface area contributed by atoms with Gasteiger partial charge in [-0.2, -0.15) is 0 Å².